The Labute approximate surface area is 91.4 Å². The van der Waals surface area contributed by atoms with Crippen LogP contribution in [0.1, 0.15) is 40.0 Å². The van der Waals surface area contributed by atoms with Gasteiger partial charge in [-0.25, -0.2) is 0 Å². The fraction of sp³-hybridized carbons (Fsp3) is 0.364. The zero-order valence-electron chi connectivity index (χ0n) is 8.67. The van der Waals surface area contributed by atoms with Crippen molar-refractivity contribution in [2.24, 2.45) is 10.7 Å². The number of hydrogen-bond acceptors (Lipinski definition) is 3. The van der Waals surface area contributed by atoms with E-state index < -0.39 is 0 Å². The minimum atomic E-state index is -0.364. The summed E-state index contributed by atoms with van der Waals surface area (Å²) >= 11 is 0. The van der Waals surface area contributed by atoms with Gasteiger partial charge in [0.1, 0.15) is 5.84 Å². The van der Waals surface area contributed by atoms with Crippen LogP contribution in [-0.2, 0) is 12.8 Å². The van der Waals surface area contributed by atoms with Crippen LogP contribution in [-0.4, -0.2) is 16.7 Å². The van der Waals surface area contributed by atoms with E-state index in [2.05, 4.69) is 9.98 Å². The lowest BCUT2D eigenvalue weighted by Crippen LogP contribution is -2.27. The molecule has 0 atom stereocenters. The predicted molar refractivity (Wildman–Crippen MR) is 58.8 cm³/mol. The van der Waals surface area contributed by atoms with Gasteiger partial charge in [-0.3, -0.25) is 9.59 Å². The highest BCUT2D eigenvalue weighted by Gasteiger charge is 2.30. The number of pyridine rings is 1. The molecule has 0 unspecified atom stereocenters. The van der Waals surface area contributed by atoms with E-state index >= 15 is 0 Å². The molecule has 3 N–H and O–H groups in total. The zero-order chi connectivity index (χ0) is 11.3. The third-order valence-electron chi connectivity index (χ3n) is 3.20. The summed E-state index contributed by atoms with van der Waals surface area (Å²) in [4.78, 5) is 29.9. The molecule has 0 radical (unpaired) electrons. The predicted octanol–water partition coefficient (Wildman–Crippen LogP) is 0.113. The van der Waals surface area contributed by atoms with Gasteiger partial charge < -0.3 is 10.7 Å². The summed E-state index contributed by atoms with van der Waals surface area (Å²) in [6.45, 7) is 0. The first-order chi connectivity index (χ1) is 7.68. The van der Waals surface area contributed by atoms with Gasteiger partial charge in [-0.15, -0.1) is 0 Å². The number of aromatic amines is 1. The van der Waals surface area contributed by atoms with E-state index in [4.69, 9.17) is 5.73 Å². The molecule has 0 saturated heterocycles. The average molecular weight is 217 g/mol. The molecule has 0 fully saturated rings. The zero-order valence-corrected chi connectivity index (χ0v) is 8.67. The van der Waals surface area contributed by atoms with Crippen molar-refractivity contribution in [3.8, 4) is 0 Å². The first kappa shape index (κ1) is 9.33. The van der Waals surface area contributed by atoms with Crippen molar-refractivity contribution in [1.82, 2.24) is 4.98 Å². The lowest BCUT2D eigenvalue weighted by Gasteiger charge is -2.17. The fourth-order valence-electron chi connectivity index (χ4n) is 2.48. The summed E-state index contributed by atoms with van der Waals surface area (Å²) < 4.78 is 0. The number of amidine groups is 1. The summed E-state index contributed by atoms with van der Waals surface area (Å²) in [6, 6.07) is 0. The van der Waals surface area contributed by atoms with E-state index in [9.17, 15) is 9.59 Å². The summed E-state index contributed by atoms with van der Waals surface area (Å²) in [5, 5.41) is 0. The van der Waals surface area contributed by atoms with Crippen molar-refractivity contribution in [3.05, 3.63) is 32.7 Å². The number of aliphatic imine (C=N–C) groups is 1. The standard InChI is InChI=1S/C11H11N3O2/c12-9-8-7(10(15)14-9)5-3-1-2-4-6(5)13-11(8)16/h1-4H2,(H,13,16)(H2,12,14,15). The van der Waals surface area contributed by atoms with Crippen LogP contribution in [0.2, 0.25) is 0 Å². The lowest BCUT2D eigenvalue weighted by molar-refractivity contribution is 0.100. The molecule has 0 aromatic carbocycles. The topological polar surface area (TPSA) is 88.3 Å². The largest absolute Gasteiger partial charge is 0.383 e. The van der Waals surface area contributed by atoms with Gasteiger partial charge in [0.25, 0.3) is 11.5 Å². The summed E-state index contributed by atoms with van der Waals surface area (Å²) in [7, 11) is 0. The number of aromatic nitrogens is 1. The molecule has 2 aliphatic rings. The van der Waals surface area contributed by atoms with Crippen molar-refractivity contribution in [2.45, 2.75) is 25.7 Å². The summed E-state index contributed by atoms with van der Waals surface area (Å²) in [5.74, 6) is -0.314. The van der Waals surface area contributed by atoms with Gasteiger partial charge in [0.15, 0.2) is 0 Å². The second kappa shape index (κ2) is 3.04. The normalized spacial score (nSPS) is 18.0. The SMILES string of the molecule is NC1=NC(=O)c2c3c([nH]c(=O)c21)CCCC3. The maximum absolute atomic E-state index is 11.8. The number of carbonyl (C=O) groups excluding carboxylic acids is 1. The smallest absolute Gasteiger partial charge is 0.280 e. The minimum Gasteiger partial charge on any atom is -0.383 e. The Morgan fingerprint density at radius 1 is 1.12 bits per heavy atom. The van der Waals surface area contributed by atoms with Gasteiger partial charge in [-0.05, 0) is 31.2 Å². The van der Waals surface area contributed by atoms with E-state index in [0.717, 1.165) is 36.9 Å². The van der Waals surface area contributed by atoms with Crippen molar-refractivity contribution in [2.75, 3.05) is 0 Å². The Morgan fingerprint density at radius 2 is 1.88 bits per heavy atom. The average Bonchev–Trinajstić information content (AvgIpc) is 2.55. The van der Waals surface area contributed by atoms with E-state index in [0.29, 0.717) is 5.56 Å². The lowest BCUT2D eigenvalue weighted by atomic mass is 9.90. The number of rotatable bonds is 0. The highest BCUT2D eigenvalue weighted by Crippen LogP contribution is 2.26. The second-order valence-corrected chi connectivity index (χ2v) is 4.17. The molecule has 1 amide bonds. The Hall–Kier alpha value is -1.91. The van der Waals surface area contributed by atoms with E-state index in [-0.39, 0.29) is 22.9 Å². The number of amides is 1. The van der Waals surface area contributed by atoms with Crippen molar-refractivity contribution in [1.29, 1.82) is 0 Å². The van der Waals surface area contributed by atoms with Gasteiger partial charge in [0, 0.05) is 5.69 Å². The monoisotopic (exact) mass is 217 g/mol. The number of carbonyl (C=O) groups is 1. The molecule has 5 nitrogen and oxygen atoms in total. The maximum atomic E-state index is 11.8. The van der Waals surface area contributed by atoms with Gasteiger partial charge in [-0.1, -0.05) is 0 Å². The number of nitrogens with zero attached hydrogens (tertiary/aromatic N) is 1. The summed E-state index contributed by atoms with van der Waals surface area (Å²) in [5.41, 5.74) is 7.82. The van der Waals surface area contributed by atoms with Crippen LogP contribution < -0.4 is 11.3 Å². The number of nitrogens with one attached hydrogen (secondary N) is 1. The Bertz CT molecular complexity index is 584. The Balaban J connectivity index is 2.37. The van der Waals surface area contributed by atoms with E-state index in [1.54, 1.807) is 0 Å². The van der Waals surface area contributed by atoms with Gasteiger partial charge >= 0.3 is 0 Å². The number of nitrogens with two attached hydrogens (primary N) is 1. The van der Waals surface area contributed by atoms with Crippen molar-refractivity contribution < 1.29 is 4.79 Å². The molecule has 0 bridgehead atoms. The molecule has 0 saturated carbocycles. The van der Waals surface area contributed by atoms with Crippen LogP contribution in [0.4, 0.5) is 0 Å². The second-order valence-electron chi connectivity index (χ2n) is 4.17. The molecule has 3 rings (SSSR count). The number of H-pyrrole nitrogens is 1. The molecule has 2 heterocycles. The first-order valence-corrected chi connectivity index (χ1v) is 5.35. The quantitative estimate of drug-likeness (QED) is 0.646. The maximum Gasteiger partial charge on any atom is 0.280 e. The molecule has 0 spiro atoms. The van der Waals surface area contributed by atoms with Crippen LogP contribution in [0.3, 0.4) is 0 Å². The van der Waals surface area contributed by atoms with Crippen molar-refractivity contribution >= 4 is 11.7 Å². The van der Waals surface area contributed by atoms with Gasteiger partial charge in [0.2, 0.25) is 0 Å². The first-order valence-electron chi connectivity index (χ1n) is 5.35. The highest BCUT2D eigenvalue weighted by atomic mass is 16.2. The fourth-order valence-corrected chi connectivity index (χ4v) is 2.48. The van der Waals surface area contributed by atoms with E-state index in [1.165, 1.54) is 0 Å². The van der Waals surface area contributed by atoms with Crippen LogP contribution in [0.25, 0.3) is 0 Å². The van der Waals surface area contributed by atoms with Crippen LogP contribution in [0.5, 0.6) is 0 Å². The molecule has 5 heteroatoms. The highest BCUT2D eigenvalue weighted by molar-refractivity contribution is 6.20. The molecule has 1 aromatic heterocycles. The Kier molecular flexibility index (Phi) is 1.77. The number of hydrogen-bond donors (Lipinski definition) is 2. The van der Waals surface area contributed by atoms with Gasteiger partial charge in [0.05, 0.1) is 11.1 Å². The van der Waals surface area contributed by atoms with Gasteiger partial charge in [-0.2, -0.15) is 4.99 Å². The third-order valence-corrected chi connectivity index (χ3v) is 3.20. The Morgan fingerprint density at radius 3 is 2.69 bits per heavy atom. The molecular weight excluding hydrogens is 206 g/mol. The van der Waals surface area contributed by atoms with E-state index in [1.807, 2.05) is 0 Å². The van der Waals surface area contributed by atoms with Crippen LogP contribution in [0.15, 0.2) is 9.79 Å². The third kappa shape index (κ3) is 1.08. The van der Waals surface area contributed by atoms with Crippen LogP contribution in [0, 0.1) is 0 Å². The van der Waals surface area contributed by atoms with Crippen LogP contribution >= 0.6 is 0 Å². The van der Waals surface area contributed by atoms with Crippen molar-refractivity contribution in [3.63, 3.8) is 0 Å². The molecule has 1 aliphatic carbocycles. The molecular formula is C11H11N3O2. The molecule has 82 valence electrons. The molecule has 1 aliphatic heterocycles. The minimum absolute atomic E-state index is 0.0506. The number of fused-ring (bicyclic) bond motifs is 3. The summed E-state index contributed by atoms with van der Waals surface area (Å²) in [6.07, 6.45) is 3.74. The molecule has 1 aromatic rings. The molecule has 16 heavy (non-hydrogen) atoms. The number of aryl methyl sites for hydroxylation is 1.